The molecule has 0 spiro atoms. The maximum absolute atomic E-state index is 12.0. The molecule has 1 amide bonds. The average Bonchev–Trinajstić information content (AvgIpc) is 2.35. The molecule has 0 saturated heterocycles. The molecule has 0 bridgehead atoms. The molecule has 1 aliphatic rings. The number of nitrogens with one attached hydrogen (secondary N) is 2. The third-order valence-corrected chi connectivity index (χ3v) is 3.58. The summed E-state index contributed by atoms with van der Waals surface area (Å²) in [7, 11) is 4.14. The summed E-state index contributed by atoms with van der Waals surface area (Å²) in [5.41, 5.74) is 0. The quantitative estimate of drug-likeness (QED) is 0.675. The van der Waals surface area contributed by atoms with Gasteiger partial charge in [-0.05, 0) is 53.4 Å². The number of rotatable bonds is 7. The van der Waals surface area contributed by atoms with Crippen molar-refractivity contribution < 1.29 is 4.79 Å². The first-order valence-corrected chi connectivity index (χ1v) is 7.28. The van der Waals surface area contributed by atoms with E-state index in [1.54, 1.807) is 0 Å². The Bertz CT molecular complexity index is 237. The second kappa shape index (κ2) is 8.48. The minimum absolute atomic E-state index is 0.0749. The standard InChI is InChI=1S/C14H29N3O/c1-12(15-10-7-11-17(2)3)14(18)16-13-8-5-4-6-9-13/h12-13,15H,4-11H2,1-3H3,(H,16,18)/t12-/m0/s1. The van der Waals surface area contributed by atoms with E-state index >= 15 is 0 Å². The van der Waals surface area contributed by atoms with Crippen molar-refractivity contribution in [3.8, 4) is 0 Å². The highest BCUT2D eigenvalue weighted by molar-refractivity contribution is 5.81. The van der Waals surface area contributed by atoms with Crippen LogP contribution in [0.25, 0.3) is 0 Å². The zero-order valence-corrected chi connectivity index (χ0v) is 12.2. The lowest BCUT2D eigenvalue weighted by molar-refractivity contribution is -0.123. The minimum Gasteiger partial charge on any atom is -0.352 e. The summed E-state index contributed by atoms with van der Waals surface area (Å²) in [6.07, 6.45) is 7.22. The zero-order chi connectivity index (χ0) is 13.4. The molecule has 0 aliphatic heterocycles. The predicted molar refractivity (Wildman–Crippen MR) is 75.7 cm³/mol. The van der Waals surface area contributed by atoms with Gasteiger partial charge in [-0.3, -0.25) is 4.79 Å². The molecule has 0 aromatic carbocycles. The van der Waals surface area contributed by atoms with Crippen molar-refractivity contribution in [2.24, 2.45) is 0 Å². The molecular formula is C14H29N3O. The largest absolute Gasteiger partial charge is 0.352 e. The molecule has 1 saturated carbocycles. The van der Waals surface area contributed by atoms with Crippen molar-refractivity contribution in [1.29, 1.82) is 0 Å². The third kappa shape index (κ3) is 6.36. The molecule has 0 aromatic rings. The van der Waals surface area contributed by atoms with Gasteiger partial charge in [-0.1, -0.05) is 19.3 Å². The fraction of sp³-hybridized carbons (Fsp3) is 0.929. The molecule has 1 fully saturated rings. The highest BCUT2D eigenvalue weighted by Crippen LogP contribution is 2.17. The molecule has 4 nitrogen and oxygen atoms in total. The second-order valence-electron chi connectivity index (χ2n) is 5.68. The molecule has 0 aromatic heterocycles. The average molecular weight is 255 g/mol. The Labute approximate surface area is 111 Å². The van der Waals surface area contributed by atoms with Crippen molar-refractivity contribution in [3.05, 3.63) is 0 Å². The van der Waals surface area contributed by atoms with Crippen molar-refractivity contribution in [2.75, 3.05) is 27.2 Å². The molecule has 0 heterocycles. The van der Waals surface area contributed by atoms with E-state index in [2.05, 4.69) is 29.6 Å². The fourth-order valence-corrected chi connectivity index (χ4v) is 2.38. The van der Waals surface area contributed by atoms with Gasteiger partial charge >= 0.3 is 0 Å². The topological polar surface area (TPSA) is 44.4 Å². The van der Waals surface area contributed by atoms with Crippen LogP contribution in [-0.2, 0) is 4.79 Å². The Morgan fingerprint density at radius 3 is 2.56 bits per heavy atom. The van der Waals surface area contributed by atoms with Gasteiger partial charge in [0.25, 0.3) is 0 Å². The monoisotopic (exact) mass is 255 g/mol. The number of carbonyl (C=O) groups excluding carboxylic acids is 1. The van der Waals surface area contributed by atoms with Gasteiger partial charge < -0.3 is 15.5 Å². The molecule has 106 valence electrons. The van der Waals surface area contributed by atoms with Gasteiger partial charge in [-0.2, -0.15) is 0 Å². The minimum atomic E-state index is -0.0749. The second-order valence-corrected chi connectivity index (χ2v) is 5.68. The molecule has 4 heteroatoms. The van der Waals surface area contributed by atoms with Gasteiger partial charge in [-0.15, -0.1) is 0 Å². The van der Waals surface area contributed by atoms with Crippen LogP contribution < -0.4 is 10.6 Å². The van der Waals surface area contributed by atoms with E-state index in [0.717, 1.165) is 32.4 Å². The van der Waals surface area contributed by atoms with E-state index < -0.39 is 0 Å². The van der Waals surface area contributed by atoms with Gasteiger partial charge in [0.1, 0.15) is 0 Å². The maximum atomic E-state index is 12.0. The molecule has 18 heavy (non-hydrogen) atoms. The highest BCUT2D eigenvalue weighted by Gasteiger charge is 2.18. The first-order valence-electron chi connectivity index (χ1n) is 7.28. The van der Waals surface area contributed by atoms with E-state index in [1.165, 1.54) is 19.3 Å². The summed E-state index contributed by atoms with van der Waals surface area (Å²) in [5, 5.41) is 6.45. The van der Waals surface area contributed by atoms with E-state index in [1.807, 2.05) is 6.92 Å². The molecule has 0 unspecified atom stereocenters. The molecule has 1 rings (SSSR count). The van der Waals surface area contributed by atoms with Gasteiger partial charge in [0.2, 0.25) is 5.91 Å². The summed E-state index contributed by atoms with van der Waals surface area (Å²) in [6.45, 7) is 3.91. The summed E-state index contributed by atoms with van der Waals surface area (Å²) in [5.74, 6) is 0.159. The van der Waals surface area contributed by atoms with Crippen LogP contribution in [0.15, 0.2) is 0 Å². The Morgan fingerprint density at radius 1 is 1.28 bits per heavy atom. The van der Waals surface area contributed by atoms with Crippen LogP contribution >= 0.6 is 0 Å². The lowest BCUT2D eigenvalue weighted by Crippen LogP contribution is -2.47. The lowest BCUT2D eigenvalue weighted by atomic mass is 9.95. The van der Waals surface area contributed by atoms with Crippen molar-refractivity contribution in [2.45, 2.75) is 57.5 Å². The Kier molecular flexibility index (Phi) is 7.28. The normalized spacial score (nSPS) is 18.9. The molecule has 1 aliphatic carbocycles. The van der Waals surface area contributed by atoms with E-state index in [9.17, 15) is 4.79 Å². The van der Waals surface area contributed by atoms with Crippen LogP contribution in [0.3, 0.4) is 0 Å². The number of nitrogens with zero attached hydrogens (tertiary/aromatic N) is 1. The summed E-state index contributed by atoms with van der Waals surface area (Å²) in [6, 6.07) is 0.339. The van der Waals surface area contributed by atoms with Gasteiger partial charge in [0.05, 0.1) is 6.04 Å². The highest BCUT2D eigenvalue weighted by atomic mass is 16.2. The first-order chi connectivity index (χ1) is 8.59. The molecular weight excluding hydrogens is 226 g/mol. The fourth-order valence-electron chi connectivity index (χ4n) is 2.38. The molecule has 0 radical (unpaired) electrons. The maximum Gasteiger partial charge on any atom is 0.237 e. The van der Waals surface area contributed by atoms with Crippen LogP contribution in [0.2, 0.25) is 0 Å². The number of amides is 1. The summed E-state index contributed by atoms with van der Waals surface area (Å²) < 4.78 is 0. The van der Waals surface area contributed by atoms with Crippen molar-refractivity contribution in [3.63, 3.8) is 0 Å². The van der Waals surface area contributed by atoms with Crippen LogP contribution in [0, 0.1) is 0 Å². The third-order valence-electron chi connectivity index (χ3n) is 3.58. The van der Waals surface area contributed by atoms with Crippen LogP contribution in [0.1, 0.15) is 45.4 Å². The smallest absolute Gasteiger partial charge is 0.237 e. The van der Waals surface area contributed by atoms with E-state index in [4.69, 9.17) is 0 Å². The van der Waals surface area contributed by atoms with Gasteiger partial charge in [0.15, 0.2) is 0 Å². The lowest BCUT2D eigenvalue weighted by Gasteiger charge is -2.24. The van der Waals surface area contributed by atoms with Crippen molar-refractivity contribution >= 4 is 5.91 Å². The summed E-state index contributed by atoms with van der Waals surface area (Å²) >= 11 is 0. The van der Waals surface area contributed by atoms with Gasteiger partial charge in [-0.25, -0.2) is 0 Å². The predicted octanol–water partition coefficient (Wildman–Crippen LogP) is 1.37. The zero-order valence-electron chi connectivity index (χ0n) is 12.2. The number of carbonyl (C=O) groups is 1. The van der Waals surface area contributed by atoms with E-state index in [0.29, 0.717) is 6.04 Å². The van der Waals surface area contributed by atoms with Crippen LogP contribution in [-0.4, -0.2) is 50.1 Å². The van der Waals surface area contributed by atoms with Gasteiger partial charge in [0, 0.05) is 6.04 Å². The SMILES string of the molecule is C[C@H](NCCCN(C)C)C(=O)NC1CCCCC1. The number of hydrogen-bond acceptors (Lipinski definition) is 3. The van der Waals surface area contributed by atoms with E-state index in [-0.39, 0.29) is 11.9 Å². The number of hydrogen-bond donors (Lipinski definition) is 2. The molecule has 2 N–H and O–H groups in total. The summed E-state index contributed by atoms with van der Waals surface area (Å²) in [4.78, 5) is 14.1. The van der Waals surface area contributed by atoms with Crippen LogP contribution in [0.5, 0.6) is 0 Å². The van der Waals surface area contributed by atoms with Crippen LogP contribution in [0.4, 0.5) is 0 Å². The Balaban J connectivity index is 2.11. The Morgan fingerprint density at radius 2 is 1.94 bits per heavy atom. The molecule has 1 atom stereocenters. The van der Waals surface area contributed by atoms with Crippen molar-refractivity contribution in [1.82, 2.24) is 15.5 Å². The first kappa shape index (κ1) is 15.4. The Hall–Kier alpha value is -0.610.